The number of nitrogens with zero attached hydrogens (tertiary/aromatic N) is 1. The van der Waals surface area contributed by atoms with E-state index in [1.165, 1.54) is 5.56 Å². The summed E-state index contributed by atoms with van der Waals surface area (Å²) in [5.41, 5.74) is 3.04. The fourth-order valence-electron chi connectivity index (χ4n) is 2.86. The second-order valence-corrected chi connectivity index (χ2v) is 6.15. The van der Waals surface area contributed by atoms with Crippen LogP contribution in [0.4, 0.5) is 0 Å². The molecule has 1 fully saturated rings. The highest BCUT2D eigenvalue weighted by Gasteiger charge is 2.16. The normalized spacial score (nSPS) is 21.8. The van der Waals surface area contributed by atoms with Gasteiger partial charge in [0, 0.05) is 5.39 Å². The average Bonchev–Trinajstić information content (AvgIpc) is 2.67. The number of benzene rings is 1. The largest absolute Gasteiger partial charge is 0.377 e. The number of aryl methyl sites for hydroxylation is 1. The van der Waals surface area contributed by atoms with E-state index in [0.29, 0.717) is 59.5 Å². The molecular weight excluding hydrogens is 334 g/mol. The predicted molar refractivity (Wildman–Crippen MR) is 98.4 cm³/mol. The lowest BCUT2D eigenvalue weighted by atomic mass is 10.1. The fourth-order valence-corrected chi connectivity index (χ4v) is 2.86. The Morgan fingerprint density at radius 1 is 0.808 bits per heavy atom. The molecule has 0 radical (unpaired) electrons. The summed E-state index contributed by atoms with van der Waals surface area (Å²) >= 11 is 0. The molecule has 1 unspecified atom stereocenters. The van der Waals surface area contributed by atoms with E-state index in [0.717, 1.165) is 16.6 Å². The van der Waals surface area contributed by atoms with Gasteiger partial charge in [-0.25, -0.2) is 4.98 Å². The molecule has 1 atom stereocenters. The van der Waals surface area contributed by atoms with Gasteiger partial charge in [-0.15, -0.1) is 0 Å². The summed E-state index contributed by atoms with van der Waals surface area (Å²) in [5, 5.41) is 1.16. The van der Waals surface area contributed by atoms with Crippen LogP contribution in [0, 0.1) is 6.92 Å². The van der Waals surface area contributed by atoms with Gasteiger partial charge >= 0.3 is 0 Å². The second-order valence-electron chi connectivity index (χ2n) is 6.15. The lowest BCUT2D eigenvalue weighted by molar-refractivity contribution is -0.0487. The molecule has 1 aromatic heterocycles. The number of fused-ring (bicyclic) bond motifs is 1. The molecule has 0 spiro atoms. The highest BCUT2D eigenvalue weighted by molar-refractivity contribution is 5.82. The Labute approximate surface area is 154 Å². The van der Waals surface area contributed by atoms with Crippen LogP contribution in [-0.4, -0.2) is 64.4 Å². The topological polar surface area (TPSA) is 59.0 Å². The molecule has 0 amide bonds. The SMILES string of the molecule is Cc1cc(C2COCCOCCOCCOCCO2)nc2ccccc12. The van der Waals surface area contributed by atoms with Gasteiger partial charge in [0.25, 0.3) is 0 Å². The van der Waals surface area contributed by atoms with Gasteiger partial charge in [0.15, 0.2) is 0 Å². The Balaban J connectivity index is 1.69. The second kappa shape index (κ2) is 10.5. The summed E-state index contributed by atoms with van der Waals surface area (Å²) in [4.78, 5) is 4.78. The number of ether oxygens (including phenoxy) is 5. The molecule has 1 aliphatic rings. The molecule has 1 aromatic carbocycles. The van der Waals surface area contributed by atoms with Gasteiger partial charge in [-0.05, 0) is 24.6 Å². The lowest BCUT2D eigenvalue weighted by Gasteiger charge is -2.19. The van der Waals surface area contributed by atoms with E-state index in [1.807, 2.05) is 18.2 Å². The number of pyridine rings is 1. The molecule has 1 saturated heterocycles. The molecule has 0 saturated carbocycles. The van der Waals surface area contributed by atoms with Crippen LogP contribution in [0.1, 0.15) is 17.4 Å². The Morgan fingerprint density at radius 3 is 2.15 bits per heavy atom. The summed E-state index contributed by atoms with van der Waals surface area (Å²) in [6.45, 7) is 6.84. The quantitative estimate of drug-likeness (QED) is 0.778. The van der Waals surface area contributed by atoms with Gasteiger partial charge in [0.05, 0.1) is 70.7 Å². The van der Waals surface area contributed by atoms with Crippen molar-refractivity contribution in [3.63, 3.8) is 0 Å². The molecule has 6 heteroatoms. The van der Waals surface area contributed by atoms with Gasteiger partial charge in [-0.2, -0.15) is 0 Å². The zero-order chi connectivity index (χ0) is 18.0. The Kier molecular flexibility index (Phi) is 7.79. The summed E-state index contributed by atoms with van der Waals surface area (Å²) in [6.07, 6.45) is -0.233. The van der Waals surface area contributed by atoms with Crippen LogP contribution in [-0.2, 0) is 23.7 Å². The van der Waals surface area contributed by atoms with Crippen molar-refractivity contribution in [3.05, 3.63) is 41.6 Å². The maximum atomic E-state index is 6.01. The molecular formula is C20H27NO5. The van der Waals surface area contributed by atoms with Crippen LogP contribution in [0.3, 0.4) is 0 Å². The third-order valence-corrected chi connectivity index (χ3v) is 4.20. The standard InChI is InChI=1S/C20H27NO5/c1-16-14-19(21-18-5-3-2-4-17(16)18)20-15-25-11-10-23-7-6-22-8-9-24-12-13-26-20/h2-5,14,20H,6-13,15H2,1H3. The van der Waals surface area contributed by atoms with Crippen molar-refractivity contribution < 1.29 is 23.7 Å². The molecule has 3 rings (SSSR count). The van der Waals surface area contributed by atoms with E-state index in [9.17, 15) is 0 Å². The van der Waals surface area contributed by atoms with Crippen LogP contribution >= 0.6 is 0 Å². The third-order valence-electron chi connectivity index (χ3n) is 4.20. The van der Waals surface area contributed by atoms with Crippen molar-refractivity contribution in [3.8, 4) is 0 Å². The van der Waals surface area contributed by atoms with Crippen molar-refractivity contribution in [2.24, 2.45) is 0 Å². The Hall–Kier alpha value is -1.57. The molecule has 2 aromatic rings. The Bertz CT molecular complexity index is 662. The zero-order valence-electron chi connectivity index (χ0n) is 15.3. The van der Waals surface area contributed by atoms with Gasteiger partial charge < -0.3 is 23.7 Å². The van der Waals surface area contributed by atoms with Crippen LogP contribution in [0.15, 0.2) is 30.3 Å². The van der Waals surface area contributed by atoms with E-state index < -0.39 is 0 Å². The van der Waals surface area contributed by atoms with Crippen LogP contribution in [0.2, 0.25) is 0 Å². The summed E-state index contributed by atoms with van der Waals surface area (Å²) in [7, 11) is 0. The van der Waals surface area contributed by atoms with Gasteiger partial charge in [-0.1, -0.05) is 18.2 Å². The van der Waals surface area contributed by atoms with Gasteiger partial charge in [0.2, 0.25) is 0 Å². The zero-order valence-corrected chi connectivity index (χ0v) is 15.3. The highest BCUT2D eigenvalue weighted by Crippen LogP contribution is 2.23. The molecule has 0 N–H and O–H groups in total. The minimum absolute atomic E-state index is 0.233. The minimum Gasteiger partial charge on any atom is -0.377 e. The number of para-hydroxylation sites is 1. The van der Waals surface area contributed by atoms with E-state index >= 15 is 0 Å². The van der Waals surface area contributed by atoms with E-state index in [1.54, 1.807) is 0 Å². The lowest BCUT2D eigenvalue weighted by Crippen LogP contribution is -2.18. The van der Waals surface area contributed by atoms with Crippen molar-refractivity contribution in [1.29, 1.82) is 0 Å². The van der Waals surface area contributed by atoms with Gasteiger partial charge in [0.1, 0.15) is 6.10 Å². The maximum absolute atomic E-state index is 6.01. The first-order chi connectivity index (χ1) is 12.8. The van der Waals surface area contributed by atoms with E-state index in [-0.39, 0.29) is 6.10 Å². The van der Waals surface area contributed by atoms with Crippen LogP contribution < -0.4 is 0 Å². The van der Waals surface area contributed by atoms with Crippen molar-refractivity contribution in [2.45, 2.75) is 13.0 Å². The first kappa shape index (κ1) is 19.2. The van der Waals surface area contributed by atoms with Gasteiger partial charge in [-0.3, -0.25) is 0 Å². The molecule has 6 nitrogen and oxygen atoms in total. The molecule has 26 heavy (non-hydrogen) atoms. The molecule has 0 bridgehead atoms. The smallest absolute Gasteiger partial charge is 0.123 e. The molecule has 2 heterocycles. The average molecular weight is 361 g/mol. The van der Waals surface area contributed by atoms with Crippen molar-refractivity contribution in [1.82, 2.24) is 4.98 Å². The first-order valence-electron chi connectivity index (χ1n) is 9.13. The van der Waals surface area contributed by atoms with Crippen LogP contribution in [0.25, 0.3) is 10.9 Å². The van der Waals surface area contributed by atoms with Crippen LogP contribution in [0.5, 0.6) is 0 Å². The monoisotopic (exact) mass is 361 g/mol. The Morgan fingerprint density at radius 2 is 1.42 bits per heavy atom. The third kappa shape index (κ3) is 5.72. The molecule has 142 valence electrons. The van der Waals surface area contributed by atoms with E-state index in [2.05, 4.69) is 19.1 Å². The van der Waals surface area contributed by atoms with E-state index in [4.69, 9.17) is 28.7 Å². The predicted octanol–water partition coefficient (Wildman–Crippen LogP) is 2.68. The summed E-state index contributed by atoms with van der Waals surface area (Å²) in [5.74, 6) is 0. The van der Waals surface area contributed by atoms with Crippen molar-refractivity contribution in [2.75, 3.05) is 59.5 Å². The van der Waals surface area contributed by atoms with Crippen molar-refractivity contribution >= 4 is 10.9 Å². The number of rotatable bonds is 1. The first-order valence-corrected chi connectivity index (χ1v) is 9.13. The maximum Gasteiger partial charge on any atom is 0.123 e. The number of hydrogen-bond donors (Lipinski definition) is 0. The summed E-state index contributed by atoms with van der Waals surface area (Å²) < 4.78 is 28.2. The highest BCUT2D eigenvalue weighted by atomic mass is 16.6. The number of hydrogen-bond acceptors (Lipinski definition) is 6. The fraction of sp³-hybridized carbons (Fsp3) is 0.550. The molecule has 0 aliphatic carbocycles. The molecule has 1 aliphatic heterocycles. The minimum atomic E-state index is -0.233. The number of aromatic nitrogens is 1. The summed E-state index contributed by atoms with van der Waals surface area (Å²) in [6, 6.07) is 10.2.